The molecule has 0 atom stereocenters. The number of fused-ring (bicyclic) bond motifs is 1. The number of hydrogen-bond donors (Lipinski definition) is 0. The summed E-state index contributed by atoms with van der Waals surface area (Å²) in [7, 11) is 1.53. The summed E-state index contributed by atoms with van der Waals surface area (Å²) in [6.45, 7) is 5.57. The number of Topliss-reactive ketones (excluding diaryl/α,β-unsaturated/α-hetero) is 1. The standard InChI is InChI=1S/C15H19NO4/c1-10(2)9-20-7-6-16-13-5-4-11(19-3)8-12(13)14(17)15(16)18/h4-5,8,10H,6-7,9H2,1-3H3. The lowest BCUT2D eigenvalue weighted by atomic mass is 10.1. The van der Waals surface area contributed by atoms with Gasteiger partial charge in [-0.1, -0.05) is 13.8 Å². The topological polar surface area (TPSA) is 55.8 Å². The molecule has 20 heavy (non-hydrogen) atoms. The van der Waals surface area contributed by atoms with Crippen LogP contribution in [-0.4, -0.2) is 38.6 Å². The van der Waals surface area contributed by atoms with E-state index in [1.165, 1.54) is 12.0 Å². The van der Waals surface area contributed by atoms with E-state index >= 15 is 0 Å². The van der Waals surface area contributed by atoms with Crippen molar-refractivity contribution in [1.29, 1.82) is 0 Å². The molecule has 5 heteroatoms. The maximum atomic E-state index is 12.0. The van der Waals surface area contributed by atoms with Crippen molar-refractivity contribution in [3.8, 4) is 5.75 Å². The van der Waals surface area contributed by atoms with Crippen LogP contribution in [0.2, 0.25) is 0 Å². The fraction of sp³-hybridized carbons (Fsp3) is 0.467. The average Bonchev–Trinajstić information content (AvgIpc) is 2.67. The Morgan fingerprint density at radius 3 is 2.65 bits per heavy atom. The van der Waals surface area contributed by atoms with Crippen LogP contribution in [0.4, 0.5) is 5.69 Å². The van der Waals surface area contributed by atoms with Crippen molar-refractivity contribution < 1.29 is 19.1 Å². The van der Waals surface area contributed by atoms with E-state index in [1.807, 2.05) is 0 Å². The molecule has 1 heterocycles. The number of anilines is 1. The first-order valence-corrected chi connectivity index (χ1v) is 6.66. The predicted molar refractivity (Wildman–Crippen MR) is 75.3 cm³/mol. The Morgan fingerprint density at radius 1 is 1.25 bits per heavy atom. The lowest BCUT2D eigenvalue weighted by Gasteiger charge is -2.17. The molecule has 0 saturated heterocycles. The van der Waals surface area contributed by atoms with Gasteiger partial charge in [-0.3, -0.25) is 9.59 Å². The van der Waals surface area contributed by atoms with Gasteiger partial charge in [0.2, 0.25) is 0 Å². The van der Waals surface area contributed by atoms with Crippen LogP contribution in [0.25, 0.3) is 0 Å². The van der Waals surface area contributed by atoms with Gasteiger partial charge in [0, 0.05) is 13.2 Å². The van der Waals surface area contributed by atoms with Gasteiger partial charge in [-0.05, 0) is 24.1 Å². The van der Waals surface area contributed by atoms with E-state index in [4.69, 9.17) is 9.47 Å². The van der Waals surface area contributed by atoms with Crippen LogP contribution in [-0.2, 0) is 9.53 Å². The van der Waals surface area contributed by atoms with Crippen molar-refractivity contribution >= 4 is 17.4 Å². The molecule has 1 aliphatic heterocycles. The number of benzene rings is 1. The molecule has 0 N–H and O–H groups in total. The van der Waals surface area contributed by atoms with Crippen LogP contribution in [0.5, 0.6) is 5.75 Å². The van der Waals surface area contributed by atoms with E-state index in [2.05, 4.69) is 13.8 Å². The minimum absolute atomic E-state index is 0.386. The summed E-state index contributed by atoms with van der Waals surface area (Å²) >= 11 is 0. The van der Waals surface area contributed by atoms with Crippen LogP contribution in [0.15, 0.2) is 18.2 Å². The first kappa shape index (κ1) is 14.5. The molecule has 1 aliphatic rings. The second kappa shape index (κ2) is 6.05. The monoisotopic (exact) mass is 277 g/mol. The second-order valence-corrected chi connectivity index (χ2v) is 5.14. The number of hydrogen-bond acceptors (Lipinski definition) is 4. The molecule has 0 aliphatic carbocycles. The summed E-state index contributed by atoms with van der Waals surface area (Å²) in [5.41, 5.74) is 1.03. The SMILES string of the molecule is COc1ccc2c(c1)C(=O)C(=O)N2CCOCC(C)C. The fourth-order valence-corrected chi connectivity index (χ4v) is 2.10. The molecule has 5 nitrogen and oxygen atoms in total. The third kappa shape index (κ3) is 2.82. The maximum absolute atomic E-state index is 12.0. The third-order valence-electron chi connectivity index (χ3n) is 3.09. The van der Waals surface area contributed by atoms with Crippen molar-refractivity contribution in [2.24, 2.45) is 5.92 Å². The summed E-state index contributed by atoms with van der Waals surface area (Å²) < 4.78 is 10.5. The maximum Gasteiger partial charge on any atom is 0.299 e. The zero-order valence-electron chi connectivity index (χ0n) is 12.0. The van der Waals surface area contributed by atoms with Gasteiger partial charge in [0.15, 0.2) is 0 Å². The van der Waals surface area contributed by atoms with Gasteiger partial charge in [-0.15, -0.1) is 0 Å². The summed E-state index contributed by atoms with van der Waals surface area (Å²) in [4.78, 5) is 25.4. The molecule has 0 saturated carbocycles. The average molecular weight is 277 g/mol. The summed E-state index contributed by atoms with van der Waals surface area (Å²) in [6.07, 6.45) is 0. The first-order valence-electron chi connectivity index (χ1n) is 6.66. The second-order valence-electron chi connectivity index (χ2n) is 5.14. The summed E-state index contributed by atoms with van der Waals surface area (Å²) in [5.74, 6) is 0.0365. The van der Waals surface area contributed by atoms with Gasteiger partial charge in [0.05, 0.1) is 25.0 Å². The highest BCUT2D eigenvalue weighted by Crippen LogP contribution is 2.31. The van der Waals surface area contributed by atoms with E-state index in [9.17, 15) is 9.59 Å². The van der Waals surface area contributed by atoms with Gasteiger partial charge in [0.1, 0.15) is 5.75 Å². The Hall–Kier alpha value is -1.88. The number of ketones is 1. The van der Waals surface area contributed by atoms with Crippen molar-refractivity contribution in [1.82, 2.24) is 0 Å². The van der Waals surface area contributed by atoms with E-state index in [-0.39, 0.29) is 0 Å². The number of carbonyl (C=O) groups is 2. The van der Waals surface area contributed by atoms with E-state index < -0.39 is 11.7 Å². The van der Waals surface area contributed by atoms with Gasteiger partial charge >= 0.3 is 0 Å². The van der Waals surface area contributed by atoms with Gasteiger partial charge in [0.25, 0.3) is 11.7 Å². The van der Waals surface area contributed by atoms with Crippen molar-refractivity contribution in [2.45, 2.75) is 13.8 Å². The highest BCUT2D eigenvalue weighted by molar-refractivity contribution is 6.52. The third-order valence-corrected chi connectivity index (χ3v) is 3.09. The van der Waals surface area contributed by atoms with Gasteiger partial charge in [-0.2, -0.15) is 0 Å². The van der Waals surface area contributed by atoms with E-state index in [1.54, 1.807) is 18.2 Å². The van der Waals surface area contributed by atoms with Gasteiger partial charge < -0.3 is 14.4 Å². The zero-order chi connectivity index (χ0) is 14.7. The normalized spacial score (nSPS) is 14.1. The van der Waals surface area contributed by atoms with E-state index in [0.717, 1.165) is 0 Å². The van der Waals surface area contributed by atoms with Gasteiger partial charge in [-0.25, -0.2) is 0 Å². The van der Waals surface area contributed by atoms with Crippen LogP contribution in [0, 0.1) is 5.92 Å². The zero-order valence-corrected chi connectivity index (χ0v) is 12.0. The quantitative estimate of drug-likeness (QED) is 0.588. The molecule has 1 aromatic rings. The Balaban J connectivity index is 2.09. The number of ether oxygens (including phenoxy) is 2. The number of carbonyl (C=O) groups excluding carboxylic acids is 2. The molecule has 0 bridgehead atoms. The number of rotatable bonds is 6. The molecule has 0 unspecified atom stereocenters. The number of nitrogens with zero attached hydrogens (tertiary/aromatic N) is 1. The number of amides is 1. The predicted octanol–water partition coefficient (Wildman–Crippen LogP) is 1.90. The van der Waals surface area contributed by atoms with Crippen LogP contribution in [0.3, 0.4) is 0 Å². The van der Waals surface area contributed by atoms with Crippen molar-refractivity contribution in [3.63, 3.8) is 0 Å². The van der Waals surface area contributed by atoms with Crippen LogP contribution < -0.4 is 9.64 Å². The lowest BCUT2D eigenvalue weighted by Crippen LogP contribution is -2.33. The Labute approximate surface area is 118 Å². The fourth-order valence-electron chi connectivity index (χ4n) is 2.10. The molecule has 0 fully saturated rings. The Bertz CT molecular complexity index is 525. The summed E-state index contributed by atoms with van der Waals surface area (Å²) in [5, 5.41) is 0. The summed E-state index contributed by atoms with van der Waals surface area (Å²) in [6, 6.07) is 5.08. The largest absolute Gasteiger partial charge is 0.497 e. The lowest BCUT2D eigenvalue weighted by molar-refractivity contribution is -0.114. The molecular formula is C15H19NO4. The molecule has 2 rings (SSSR count). The highest BCUT2D eigenvalue weighted by atomic mass is 16.5. The van der Waals surface area contributed by atoms with E-state index in [0.29, 0.717) is 42.7 Å². The smallest absolute Gasteiger partial charge is 0.299 e. The number of methoxy groups -OCH3 is 1. The van der Waals surface area contributed by atoms with Crippen LogP contribution in [0.1, 0.15) is 24.2 Å². The molecule has 1 amide bonds. The molecule has 1 aromatic carbocycles. The minimum atomic E-state index is -0.499. The molecule has 0 radical (unpaired) electrons. The Morgan fingerprint density at radius 2 is 2.00 bits per heavy atom. The molecular weight excluding hydrogens is 258 g/mol. The first-order chi connectivity index (χ1) is 9.54. The Kier molecular flexibility index (Phi) is 4.39. The molecule has 0 spiro atoms. The molecule has 0 aromatic heterocycles. The van der Waals surface area contributed by atoms with Crippen molar-refractivity contribution in [2.75, 3.05) is 31.8 Å². The van der Waals surface area contributed by atoms with Crippen molar-refractivity contribution in [3.05, 3.63) is 23.8 Å². The highest BCUT2D eigenvalue weighted by Gasteiger charge is 2.35. The molecule has 108 valence electrons. The van der Waals surface area contributed by atoms with Crippen LogP contribution >= 0.6 is 0 Å². The minimum Gasteiger partial charge on any atom is -0.497 e.